The molecule has 1 aromatic rings. The molecule has 0 saturated carbocycles. The lowest BCUT2D eigenvalue weighted by Crippen LogP contribution is -2.16. The molecular weight excluding hydrogens is 274 g/mol. The molecule has 2 N–H and O–H groups in total. The minimum atomic E-state index is 0.561. The molecule has 0 spiro atoms. The number of rotatable bonds is 3. The maximum atomic E-state index is 5.57. The molecule has 1 heterocycles. The lowest BCUT2D eigenvalue weighted by molar-refractivity contribution is 0.169. The van der Waals surface area contributed by atoms with E-state index in [0.29, 0.717) is 25.5 Å². The first-order valence-corrected chi connectivity index (χ1v) is 5.92. The van der Waals surface area contributed by atoms with Crippen molar-refractivity contribution in [1.82, 2.24) is 0 Å². The number of ether oxygens (including phenoxy) is 3. The Morgan fingerprint density at radius 3 is 2.88 bits per heavy atom. The highest BCUT2D eigenvalue weighted by Gasteiger charge is 2.21. The number of fused-ring (bicyclic) bond motifs is 1. The zero-order valence-corrected chi connectivity index (χ0v) is 10.7. The zero-order valence-electron chi connectivity index (χ0n) is 9.09. The van der Waals surface area contributed by atoms with E-state index in [2.05, 4.69) is 15.9 Å². The summed E-state index contributed by atoms with van der Waals surface area (Å²) in [5, 5.41) is 0. The third-order valence-electron chi connectivity index (χ3n) is 2.42. The first-order valence-electron chi connectivity index (χ1n) is 5.13. The standard InChI is InChI=1S/C11H14BrNO3/c1-14-10-7(2-3-13)6-8-11(9(10)12)16-5-4-15-8/h6H,2-5,13H2,1H3. The molecule has 0 atom stereocenters. The Bertz CT molecular complexity index is 395. The second kappa shape index (κ2) is 4.93. The summed E-state index contributed by atoms with van der Waals surface area (Å²) in [7, 11) is 1.64. The van der Waals surface area contributed by atoms with Crippen molar-refractivity contribution >= 4 is 15.9 Å². The van der Waals surface area contributed by atoms with Crippen LogP contribution in [0.15, 0.2) is 10.5 Å². The molecule has 88 valence electrons. The Morgan fingerprint density at radius 1 is 1.44 bits per heavy atom. The van der Waals surface area contributed by atoms with E-state index in [-0.39, 0.29) is 0 Å². The van der Waals surface area contributed by atoms with Crippen LogP contribution in [-0.4, -0.2) is 26.9 Å². The summed E-state index contributed by atoms with van der Waals surface area (Å²) in [6.07, 6.45) is 0.748. The van der Waals surface area contributed by atoms with E-state index in [1.54, 1.807) is 7.11 Å². The molecule has 4 nitrogen and oxygen atoms in total. The van der Waals surface area contributed by atoms with Crippen molar-refractivity contribution in [1.29, 1.82) is 0 Å². The molecule has 0 bridgehead atoms. The van der Waals surface area contributed by atoms with Gasteiger partial charge in [0.1, 0.15) is 23.4 Å². The quantitative estimate of drug-likeness (QED) is 0.920. The van der Waals surface area contributed by atoms with E-state index in [1.165, 1.54) is 0 Å². The van der Waals surface area contributed by atoms with Gasteiger partial charge in [-0.3, -0.25) is 0 Å². The van der Waals surface area contributed by atoms with Gasteiger partial charge in [-0.1, -0.05) is 0 Å². The number of hydrogen-bond acceptors (Lipinski definition) is 4. The van der Waals surface area contributed by atoms with E-state index in [9.17, 15) is 0 Å². The number of hydrogen-bond donors (Lipinski definition) is 1. The molecule has 0 aromatic heterocycles. The fourth-order valence-electron chi connectivity index (χ4n) is 1.74. The third kappa shape index (κ3) is 1.97. The number of halogens is 1. The van der Waals surface area contributed by atoms with Crippen LogP contribution in [0.5, 0.6) is 17.2 Å². The topological polar surface area (TPSA) is 53.7 Å². The van der Waals surface area contributed by atoms with E-state index in [1.807, 2.05) is 6.07 Å². The molecule has 0 radical (unpaired) electrons. The van der Waals surface area contributed by atoms with Crippen molar-refractivity contribution in [2.24, 2.45) is 5.73 Å². The summed E-state index contributed by atoms with van der Waals surface area (Å²) in [6.45, 7) is 1.71. The lowest BCUT2D eigenvalue weighted by Gasteiger charge is -2.22. The predicted octanol–water partition coefficient (Wildman–Crippen LogP) is 1.73. The molecule has 5 heteroatoms. The summed E-state index contributed by atoms with van der Waals surface area (Å²) in [4.78, 5) is 0. The molecule has 1 aliphatic rings. The molecule has 0 fully saturated rings. The number of methoxy groups -OCH3 is 1. The lowest BCUT2D eigenvalue weighted by atomic mass is 10.1. The van der Waals surface area contributed by atoms with Crippen LogP contribution in [0.3, 0.4) is 0 Å². The van der Waals surface area contributed by atoms with Gasteiger partial charge >= 0.3 is 0 Å². The van der Waals surface area contributed by atoms with Crippen LogP contribution in [0.2, 0.25) is 0 Å². The van der Waals surface area contributed by atoms with Crippen molar-refractivity contribution in [3.63, 3.8) is 0 Å². The van der Waals surface area contributed by atoms with Crippen molar-refractivity contribution in [3.8, 4) is 17.2 Å². The van der Waals surface area contributed by atoms with Crippen molar-refractivity contribution in [3.05, 3.63) is 16.1 Å². The van der Waals surface area contributed by atoms with Gasteiger partial charge in [0, 0.05) is 5.56 Å². The summed E-state index contributed by atoms with van der Waals surface area (Å²) in [5.41, 5.74) is 6.60. The van der Waals surface area contributed by atoms with Gasteiger partial charge in [0.15, 0.2) is 11.5 Å². The molecule has 16 heavy (non-hydrogen) atoms. The molecule has 0 aliphatic carbocycles. The van der Waals surface area contributed by atoms with Crippen LogP contribution in [-0.2, 0) is 6.42 Å². The first kappa shape index (κ1) is 11.5. The van der Waals surface area contributed by atoms with Crippen LogP contribution in [0.1, 0.15) is 5.56 Å². The highest BCUT2D eigenvalue weighted by atomic mass is 79.9. The summed E-state index contributed by atoms with van der Waals surface area (Å²) < 4.78 is 17.2. The van der Waals surface area contributed by atoms with E-state index >= 15 is 0 Å². The second-order valence-electron chi connectivity index (χ2n) is 3.45. The van der Waals surface area contributed by atoms with Crippen molar-refractivity contribution in [2.75, 3.05) is 26.9 Å². The van der Waals surface area contributed by atoms with Crippen molar-refractivity contribution in [2.45, 2.75) is 6.42 Å². The fourth-order valence-corrected chi connectivity index (χ4v) is 2.47. The fraction of sp³-hybridized carbons (Fsp3) is 0.455. The monoisotopic (exact) mass is 287 g/mol. The predicted molar refractivity (Wildman–Crippen MR) is 64.4 cm³/mol. The van der Waals surface area contributed by atoms with Crippen LogP contribution in [0.4, 0.5) is 0 Å². The Morgan fingerprint density at radius 2 is 2.19 bits per heavy atom. The maximum Gasteiger partial charge on any atom is 0.179 e. The van der Waals surface area contributed by atoms with Gasteiger partial charge in [-0.25, -0.2) is 0 Å². The Balaban J connectivity index is 2.50. The van der Waals surface area contributed by atoms with Crippen molar-refractivity contribution < 1.29 is 14.2 Å². The average Bonchev–Trinajstić information content (AvgIpc) is 2.30. The number of benzene rings is 1. The summed E-state index contributed by atoms with van der Waals surface area (Å²) >= 11 is 3.48. The third-order valence-corrected chi connectivity index (χ3v) is 3.14. The molecule has 1 aromatic carbocycles. The van der Waals surface area contributed by atoms with Gasteiger partial charge in [0.2, 0.25) is 0 Å². The van der Waals surface area contributed by atoms with Gasteiger partial charge in [-0.2, -0.15) is 0 Å². The molecule has 1 aliphatic heterocycles. The first-order chi connectivity index (χ1) is 7.77. The van der Waals surface area contributed by atoms with Gasteiger partial charge in [0.25, 0.3) is 0 Å². The zero-order chi connectivity index (χ0) is 11.5. The van der Waals surface area contributed by atoms with Crippen LogP contribution in [0, 0.1) is 0 Å². The van der Waals surface area contributed by atoms with Gasteiger partial charge in [-0.05, 0) is 35.0 Å². The van der Waals surface area contributed by atoms with Gasteiger partial charge in [0.05, 0.1) is 7.11 Å². The van der Waals surface area contributed by atoms with E-state index in [4.69, 9.17) is 19.9 Å². The highest BCUT2D eigenvalue weighted by Crippen LogP contribution is 2.45. The minimum absolute atomic E-state index is 0.561. The normalized spacial score (nSPS) is 13.7. The summed E-state index contributed by atoms with van der Waals surface area (Å²) in [5.74, 6) is 2.24. The molecule has 0 amide bonds. The largest absolute Gasteiger partial charge is 0.495 e. The number of nitrogens with two attached hydrogens (primary N) is 1. The van der Waals surface area contributed by atoms with E-state index < -0.39 is 0 Å². The highest BCUT2D eigenvalue weighted by molar-refractivity contribution is 9.10. The summed E-state index contributed by atoms with van der Waals surface area (Å²) in [6, 6.07) is 1.94. The molecular formula is C11H14BrNO3. The van der Waals surface area contributed by atoms with Crippen LogP contribution in [0.25, 0.3) is 0 Å². The van der Waals surface area contributed by atoms with Crippen LogP contribution >= 0.6 is 15.9 Å². The van der Waals surface area contributed by atoms with Crippen LogP contribution < -0.4 is 19.9 Å². The van der Waals surface area contributed by atoms with E-state index in [0.717, 1.165) is 28.0 Å². The smallest absolute Gasteiger partial charge is 0.179 e. The maximum absolute atomic E-state index is 5.57. The molecule has 2 rings (SSSR count). The molecule has 0 unspecified atom stereocenters. The Labute approximate surface area is 103 Å². The SMILES string of the molecule is COc1c(CCN)cc2c(c1Br)OCCO2. The Hall–Kier alpha value is -0.940. The van der Waals surface area contributed by atoms with Gasteiger partial charge < -0.3 is 19.9 Å². The van der Waals surface area contributed by atoms with Gasteiger partial charge in [-0.15, -0.1) is 0 Å². The minimum Gasteiger partial charge on any atom is -0.495 e. The Kier molecular flexibility index (Phi) is 3.56. The second-order valence-corrected chi connectivity index (χ2v) is 4.24. The molecule has 0 saturated heterocycles. The average molecular weight is 288 g/mol.